The third-order valence-corrected chi connectivity index (χ3v) is 6.57. The first-order valence-corrected chi connectivity index (χ1v) is 11.9. The largest absolute Gasteiger partial charge is 0.478 e. The molecule has 8 heteroatoms. The van der Waals surface area contributed by atoms with Gasteiger partial charge in [0.15, 0.2) is 0 Å². The lowest BCUT2D eigenvalue weighted by molar-refractivity contribution is -0.137. The third kappa shape index (κ3) is 4.80. The summed E-state index contributed by atoms with van der Waals surface area (Å²) in [6.07, 6.45) is -4.50. The maximum absolute atomic E-state index is 14.0. The number of halogens is 4. The van der Waals surface area contributed by atoms with Crippen LogP contribution in [-0.4, -0.2) is 17.0 Å². The van der Waals surface area contributed by atoms with E-state index in [1.807, 2.05) is 0 Å². The summed E-state index contributed by atoms with van der Waals surface area (Å²) in [4.78, 5) is 27.0. The molecule has 0 unspecified atom stereocenters. The van der Waals surface area contributed by atoms with Gasteiger partial charge < -0.3 is 10.0 Å². The van der Waals surface area contributed by atoms with Crippen LogP contribution in [0.25, 0.3) is 11.1 Å². The van der Waals surface area contributed by atoms with Gasteiger partial charge in [0, 0.05) is 16.2 Å². The van der Waals surface area contributed by atoms with Crippen molar-refractivity contribution < 1.29 is 27.9 Å². The highest BCUT2D eigenvalue weighted by atomic mass is 35.5. The number of anilines is 1. The van der Waals surface area contributed by atoms with Gasteiger partial charge in [-0.05, 0) is 59.2 Å². The van der Waals surface area contributed by atoms with Crippen LogP contribution in [0.15, 0.2) is 97.1 Å². The van der Waals surface area contributed by atoms with Crippen LogP contribution in [0.4, 0.5) is 18.9 Å². The topological polar surface area (TPSA) is 57.6 Å². The number of carbonyl (C=O) groups is 2. The molecular weight excluding hydrogens is 515 g/mol. The zero-order valence-corrected chi connectivity index (χ0v) is 20.4. The van der Waals surface area contributed by atoms with E-state index >= 15 is 0 Å². The normalized spacial score (nSPS) is 14.4. The van der Waals surface area contributed by atoms with Crippen LogP contribution < -0.4 is 4.90 Å². The Morgan fingerprint density at radius 2 is 1.45 bits per heavy atom. The van der Waals surface area contributed by atoms with Gasteiger partial charge in [-0.1, -0.05) is 66.2 Å². The number of nitrogens with zero attached hydrogens (tertiary/aromatic N) is 1. The van der Waals surface area contributed by atoms with Gasteiger partial charge in [-0.15, -0.1) is 0 Å². The van der Waals surface area contributed by atoms with Gasteiger partial charge in [0.2, 0.25) is 0 Å². The molecular formula is C30H19ClF3NO3. The molecule has 0 aromatic heterocycles. The van der Waals surface area contributed by atoms with E-state index in [4.69, 9.17) is 11.6 Å². The summed E-state index contributed by atoms with van der Waals surface area (Å²) < 4.78 is 39.8. The Morgan fingerprint density at radius 1 is 0.816 bits per heavy atom. The van der Waals surface area contributed by atoms with E-state index in [1.165, 1.54) is 24.3 Å². The van der Waals surface area contributed by atoms with E-state index in [9.17, 15) is 27.9 Å². The monoisotopic (exact) mass is 533 g/mol. The van der Waals surface area contributed by atoms with Crippen LogP contribution in [0.3, 0.4) is 0 Å². The van der Waals surface area contributed by atoms with E-state index < -0.39 is 17.7 Å². The number of hydrogen-bond donors (Lipinski definition) is 1. The minimum atomic E-state index is -4.50. The molecule has 38 heavy (non-hydrogen) atoms. The van der Waals surface area contributed by atoms with Gasteiger partial charge in [-0.25, -0.2) is 4.79 Å². The second kappa shape index (κ2) is 9.84. The zero-order chi connectivity index (χ0) is 27.0. The summed E-state index contributed by atoms with van der Waals surface area (Å²) in [6, 6.07) is 24.9. The van der Waals surface area contributed by atoms with Crippen LogP contribution in [0.1, 0.15) is 38.2 Å². The quantitative estimate of drug-likeness (QED) is 0.269. The average molecular weight is 534 g/mol. The van der Waals surface area contributed by atoms with E-state index in [2.05, 4.69) is 0 Å². The number of alkyl halides is 3. The van der Waals surface area contributed by atoms with Gasteiger partial charge in [0.25, 0.3) is 5.91 Å². The van der Waals surface area contributed by atoms with Gasteiger partial charge in [0.05, 0.1) is 28.9 Å². The van der Waals surface area contributed by atoms with Gasteiger partial charge >= 0.3 is 12.1 Å². The molecule has 0 saturated heterocycles. The lowest BCUT2D eigenvalue weighted by atomic mass is 9.89. The van der Waals surface area contributed by atoms with Crippen LogP contribution >= 0.6 is 11.6 Å². The molecule has 1 aliphatic heterocycles. The predicted molar refractivity (Wildman–Crippen MR) is 140 cm³/mol. The van der Waals surface area contributed by atoms with E-state index in [1.54, 1.807) is 65.6 Å². The highest BCUT2D eigenvalue weighted by molar-refractivity contribution is 6.39. The SMILES string of the molecule is O=C(O)c1cccc(CN2C(=O)C(=C(c3ccc(Cl)cc3)c3ccc(C(F)(F)F)cc3)c3ccccc32)c1. The molecule has 1 aliphatic rings. The molecule has 4 aromatic rings. The summed E-state index contributed by atoms with van der Waals surface area (Å²) in [5.74, 6) is -1.43. The molecule has 0 bridgehead atoms. The lowest BCUT2D eigenvalue weighted by Crippen LogP contribution is -2.26. The molecule has 4 aromatic carbocycles. The standard InChI is InChI=1S/C30H19ClF3NO3/c31-23-14-10-20(11-15-23)26(19-8-12-22(13-9-19)30(32,33)34)27-24-6-1-2-7-25(24)35(28(27)36)17-18-4-3-5-21(16-18)29(37)38/h1-16H,17H2,(H,37,38). The first-order chi connectivity index (χ1) is 18.1. The molecule has 4 nitrogen and oxygen atoms in total. The van der Waals surface area contributed by atoms with E-state index in [-0.39, 0.29) is 18.0 Å². The minimum absolute atomic E-state index is 0.102. The van der Waals surface area contributed by atoms with Gasteiger partial charge in [-0.2, -0.15) is 13.2 Å². The summed E-state index contributed by atoms with van der Waals surface area (Å²) in [7, 11) is 0. The molecule has 0 saturated carbocycles. The van der Waals surface area contributed by atoms with Crippen LogP contribution in [0, 0.1) is 0 Å². The van der Waals surface area contributed by atoms with Crippen molar-refractivity contribution in [1.82, 2.24) is 0 Å². The smallest absolute Gasteiger partial charge is 0.416 e. The number of fused-ring (bicyclic) bond motifs is 1. The Morgan fingerprint density at radius 3 is 2.08 bits per heavy atom. The molecule has 190 valence electrons. The van der Waals surface area contributed by atoms with Crippen molar-refractivity contribution in [3.8, 4) is 0 Å². The van der Waals surface area contributed by atoms with Crippen LogP contribution in [0.5, 0.6) is 0 Å². The second-order valence-corrected chi connectivity index (χ2v) is 9.18. The number of carboxylic acids is 1. The lowest BCUT2D eigenvalue weighted by Gasteiger charge is -2.18. The summed E-state index contributed by atoms with van der Waals surface area (Å²) >= 11 is 6.09. The highest BCUT2D eigenvalue weighted by Gasteiger charge is 2.36. The molecule has 0 aliphatic carbocycles. The maximum atomic E-state index is 14.0. The Balaban J connectivity index is 1.69. The summed E-state index contributed by atoms with van der Waals surface area (Å²) in [5.41, 5.74) is 3.02. The predicted octanol–water partition coefficient (Wildman–Crippen LogP) is 7.56. The molecule has 1 amide bonds. The van der Waals surface area contributed by atoms with E-state index in [0.29, 0.717) is 44.1 Å². The van der Waals surface area contributed by atoms with Crippen molar-refractivity contribution in [2.24, 2.45) is 0 Å². The minimum Gasteiger partial charge on any atom is -0.478 e. The molecule has 0 spiro atoms. The molecule has 1 heterocycles. The molecule has 0 radical (unpaired) electrons. The number of carbonyl (C=O) groups excluding carboxylic acids is 1. The third-order valence-electron chi connectivity index (χ3n) is 6.32. The van der Waals surface area contributed by atoms with Crippen LogP contribution in [-0.2, 0) is 17.5 Å². The van der Waals surface area contributed by atoms with Crippen molar-refractivity contribution in [2.75, 3.05) is 4.90 Å². The fourth-order valence-electron chi connectivity index (χ4n) is 4.56. The average Bonchev–Trinajstić information content (AvgIpc) is 3.16. The molecule has 5 rings (SSSR count). The van der Waals surface area contributed by atoms with Crippen molar-refractivity contribution in [1.29, 1.82) is 0 Å². The van der Waals surface area contributed by atoms with Crippen LogP contribution in [0.2, 0.25) is 5.02 Å². The molecule has 0 atom stereocenters. The van der Waals surface area contributed by atoms with Crippen molar-refractivity contribution in [2.45, 2.75) is 12.7 Å². The summed E-state index contributed by atoms with van der Waals surface area (Å²) in [6.45, 7) is 0.112. The fraction of sp³-hybridized carbons (Fsp3) is 0.0667. The van der Waals surface area contributed by atoms with Crippen molar-refractivity contribution in [3.63, 3.8) is 0 Å². The number of benzene rings is 4. The highest BCUT2D eigenvalue weighted by Crippen LogP contribution is 2.44. The fourth-order valence-corrected chi connectivity index (χ4v) is 4.69. The zero-order valence-electron chi connectivity index (χ0n) is 19.7. The second-order valence-electron chi connectivity index (χ2n) is 8.75. The molecule has 1 N–H and O–H groups in total. The number of hydrogen-bond acceptors (Lipinski definition) is 2. The Bertz CT molecular complexity index is 1580. The van der Waals surface area contributed by atoms with Gasteiger partial charge in [-0.3, -0.25) is 4.79 Å². The number of rotatable bonds is 5. The first-order valence-electron chi connectivity index (χ1n) is 11.5. The molecule has 0 fully saturated rings. The first kappa shape index (κ1) is 25.3. The Hall–Kier alpha value is -4.36. The number of carboxylic acid groups (broad SMARTS) is 1. The Kier molecular flexibility index (Phi) is 6.55. The number of para-hydroxylation sites is 1. The Labute approximate surface area is 221 Å². The summed E-state index contributed by atoms with van der Waals surface area (Å²) in [5, 5.41) is 9.84. The number of amides is 1. The van der Waals surface area contributed by atoms with Gasteiger partial charge in [0.1, 0.15) is 0 Å². The van der Waals surface area contributed by atoms with E-state index in [0.717, 1.165) is 12.1 Å². The van der Waals surface area contributed by atoms with Crippen molar-refractivity contribution >= 4 is 40.3 Å². The number of aromatic carboxylic acids is 1. The maximum Gasteiger partial charge on any atom is 0.416 e. The van der Waals surface area contributed by atoms with Crippen molar-refractivity contribution in [3.05, 3.63) is 135 Å².